The van der Waals surface area contributed by atoms with Gasteiger partial charge in [0.2, 0.25) is 5.91 Å². The first-order valence-corrected chi connectivity index (χ1v) is 6.35. The van der Waals surface area contributed by atoms with E-state index >= 15 is 0 Å². The van der Waals surface area contributed by atoms with Crippen LogP contribution in [-0.2, 0) is 9.59 Å². The van der Waals surface area contributed by atoms with Crippen molar-refractivity contribution in [2.45, 2.75) is 18.9 Å². The molecule has 0 heterocycles. The van der Waals surface area contributed by atoms with Gasteiger partial charge in [-0.2, -0.15) is 0 Å². The lowest BCUT2D eigenvalue weighted by atomic mass is 10.1. The summed E-state index contributed by atoms with van der Waals surface area (Å²) in [6, 6.07) is 5.47. The van der Waals surface area contributed by atoms with Crippen LogP contribution in [0.4, 0.5) is 0 Å². The molecule has 0 fully saturated rings. The van der Waals surface area contributed by atoms with Gasteiger partial charge in [0.25, 0.3) is 0 Å². The fourth-order valence-electron chi connectivity index (χ4n) is 1.64. The highest BCUT2D eigenvalue weighted by Gasteiger charge is 2.23. The van der Waals surface area contributed by atoms with Crippen LogP contribution in [0, 0.1) is 0 Å². The fraction of sp³-hybridized carbons (Fsp3) is 0.385. The molecule has 0 spiro atoms. The van der Waals surface area contributed by atoms with Crippen molar-refractivity contribution in [3.05, 3.63) is 34.9 Å². The molecular weight excluding hydrogens is 268 g/mol. The van der Waals surface area contributed by atoms with Crippen molar-refractivity contribution in [3.63, 3.8) is 0 Å². The molecule has 0 aliphatic carbocycles. The first kappa shape index (κ1) is 15.5. The Morgan fingerprint density at radius 1 is 1.37 bits per heavy atom. The molecule has 19 heavy (non-hydrogen) atoms. The lowest BCUT2D eigenvalue weighted by Crippen LogP contribution is -2.34. The third kappa shape index (κ3) is 4.89. The molecule has 0 saturated heterocycles. The number of amides is 1. The van der Waals surface area contributed by atoms with Crippen LogP contribution in [0.3, 0.4) is 0 Å². The van der Waals surface area contributed by atoms with Crippen LogP contribution < -0.4 is 10.6 Å². The lowest BCUT2D eigenvalue weighted by Gasteiger charge is -2.16. The molecule has 0 aliphatic rings. The van der Waals surface area contributed by atoms with Gasteiger partial charge < -0.3 is 15.7 Å². The van der Waals surface area contributed by atoms with Gasteiger partial charge in [0, 0.05) is 17.0 Å². The van der Waals surface area contributed by atoms with Crippen LogP contribution in [-0.4, -0.2) is 30.6 Å². The third-order valence-corrected chi connectivity index (χ3v) is 2.94. The molecule has 0 saturated carbocycles. The summed E-state index contributed by atoms with van der Waals surface area (Å²) in [4.78, 5) is 22.9. The quantitative estimate of drug-likeness (QED) is 0.664. The van der Waals surface area contributed by atoms with E-state index in [2.05, 4.69) is 10.6 Å². The molecule has 104 valence electrons. The van der Waals surface area contributed by atoms with Crippen LogP contribution in [0.5, 0.6) is 0 Å². The maximum absolute atomic E-state index is 11.7. The number of hydrogen-bond acceptors (Lipinski definition) is 3. The highest BCUT2D eigenvalue weighted by Crippen LogP contribution is 2.22. The number of halogens is 1. The van der Waals surface area contributed by atoms with Gasteiger partial charge in [-0.25, -0.2) is 4.79 Å². The number of carboxylic acid groups (broad SMARTS) is 1. The second-order valence-corrected chi connectivity index (χ2v) is 4.47. The summed E-state index contributed by atoms with van der Waals surface area (Å²) in [7, 11) is 1.79. The Morgan fingerprint density at radius 2 is 2.05 bits per heavy atom. The molecule has 1 aromatic carbocycles. The molecule has 5 nitrogen and oxygen atoms in total. The molecule has 1 aromatic rings. The molecule has 0 aromatic heterocycles. The Labute approximate surface area is 117 Å². The Bertz CT molecular complexity index is 451. The monoisotopic (exact) mass is 284 g/mol. The predicted molar refractivity (Wildman–Crippen MR) is 73.1 cm³/mol. The number of carbonyl (C=O) groups is 2. The topological polar surface area (TPSA) is 78.4 Å². The summed E-state index contributed by atoms with van der Waals surface area (Å²) in [6.07, 6.45) is 0.923. The summed E-state index contributed by atoms with van der Waals surface area (Å²) >= 11 is 5.95. The second kappa shape index (κ2) is 7.76. The van der Waals surface area contributed by atoms with Gasteiger partial charge >= 0.3 is 5.97 Å². The zero-order valence-electron chi connectivity index (χ0n) is 10.6. The van der Waals surface area contributed by atoms with Gasteiger partial charge in [0.15, 0.2) is 6.04 Å². The Hall–Kier alpha value is -1.59. The average molecular weight is 285 g/mol. The van der Waals surface area contributed by atoms with Gasteiger partial charge in [-0.05, 0) is 26.1 Å². The maximum atomic E-state index is 11.7. The minimum Gasteiger partial charge on any atom is -0.479 e. The lowest BCUT2D eigenvalue weighted by molar-refractivity contribution is -0.142. The van der Waals surface area contributed by atoms with Gasteiger partial charge in [-0.3, -0.25) is 4.79 Å². The van der Waals surface area contributed by atoms with Crippen molar-refractivity contribution < 1.29 is 14.7 Å². The van der Waals surface area contributed by atoms with Crippen LogP contribution >= 0.6 is 11.6 Å². The molecule has 0 aliphatic heterocycles. The van der Waals surface area contributed by atoms with Crippen molar-refractivity contribution in [2.75, 3.05) is 13.6 Å². The maximum Gasteiger partial charge on any atom is 0.330 e. The molecule has 0 radical (unpaired) electrons. The summed E-state index contributed by atoms with van der Waals surface area (Å²) in [5.74, 6) is -1.43. The summed E-state index contributed by atoms with van der Waals surface area (Å²) < 4.78 is 0. The largest absolute Gasteiger partial charge is 0.479 e. The number of carboxylic acids is 1. The normalized spacial score (nSPS) is 11.9. The molecule has 1 amide bonds. The van der Waals surface area contributed by atoms with Gasteiger partial charge in [0.1, 0.15) is 0 Å². The minimum atomic E-state index is -1.13. The first-order chi connectivity index (χ1) is 9.06. The number of hydrogen-bond donors (Lipinski definition) is 3. The zero-order chi connectivity index (χ0) is 14.3. The smallest absolute Gasteiger partial charge is 0.330 e. The van der Waals surface area contributed by atoms with E-state index in [0.29, 0.717) is 23.6 Å². The fourth-order valence-corrected chi connectivity index (χ4v) is 1.89. The number of benzene rings is 1. The van der Waals surface area contributed by atoms with Crippen LogP contribution in [0.1, 0.15) is 24.4 Å². The number of nitrogens with one attached hydrogen (secondary N) is 2. The summed E-state index contributed by atoms with van der Waals surface area (Å²) in [5, 5.41) is 14.9. The Kier molecular flexibility index (Phi) is 6.32. The third-order valence-electron chi connectivity index (χ3n) is 2.60. The second-order valence-electron chi connectivity index (χ2n) is 4.07. The van der Waals surface area contributed by atoms with Crippen LogP contribution in [0.15, 0.2) is 24.3 Å². The molecular formula is C13H17ClN2O3. The van der Waals surface area contributed by atoms with Crippen molar-refractivity contribution in [1.82, 2.24) is 10.6 Å². The van der Waals surface area contributed by atoms with E-state index < -0.39 is 12.0 Å². The average Bonchev–Trinajstić information content (AvgIpc) is 2.37. The van der Waals surface area contributed by atoms with Crippen molar-refractivity contribution in [3.8, 4) is 0 Å². The van der Waals surface area contributed by atoms with Crippen molar-refractivity contribution >= 4 is 23.5 Å². The summed E-state index contributed by atoms with van der Waals surface area (Å²) in [5.41, 5.74) is 0.388. The predicted octanol–water partition coefficient (Wildman–Crippen LogP) is 1.58. The van der Waals surface area contributed by atoms with Crippen LogP contribution in [0.25, 0.3) is 0 Å². The van der Waals surface area contributed by atoms with E-state index in [1.54, 1.807) is 31.3 Å². The van der Waals surface area contributed by atoms with E-state index in [0.717, 1.165) is 0 Å². The highest BCUT2D eigenvalue weighted by molar-refractivity contribution is 6.31. The standard InChI is InChI=1S/C13H17ClN2O3/c1-15-8-4-7-11(17)16-12(13(18)19)9-5-2-3-6-10(9)14/h2-3,5-6,12,15H,4,7-8H2,1H3,(H,16,17)(H,18,19)/t12-/m1/s1. The van der Waals surface area contributed by atoms with E-state index in [4.69, 9.17) is 11.6 Å². The molecule has 0 unspecified atom stereocenters. The van der Waals surface area contributed by atoms with Crippen molar-refractivity contribution in [2.24, 2.45) is 0 Å². The van der Waals surface area contributed by atoms with E-state index in [1.165, 1.54) is 0 Å². The Balaban J connectivity index is 2.72. The zero-order valence-corrected chi connectivity index (χ0v) is 11.4. The molecule has 1 atom stereocenters. The first-order valence-electron chi connectivity index (χ1n) is 5.97. The van der Waals surface area contributed by atoms with Gasteiger partial charge in [-0.15, -0.1) is 0 Å². The number of rotatable bonds is 7. The molecule has 1 rings (SSSR count). The number of aliphatic carboxylic acids is 1. The SMILES string of the molecule is CNCCCC(=O)N[C@@H](C(=O)O)c1ccccc1Cl. The van der Waals surface area contributed by atoms with Crippen LogP contribution in [0.2, 0.25) is 5.02 Å². The molecule has 6 heteroatoms. The van der Waals surface area contributed by atoms with Crippen molar-refractivity contribution in [1.29, 1.82) is 0 Å². The number of carbonyl (C=O) groups excluding carboxylic acids is 1. The molecule has 0 bridgehead atoms. The minimum absolute atomic E-state index is 0.273. The van der Waals surface area contributed by atoms with E-state index in [-0.39, 0.29) is 12.3 Å². The van der Waals surface area contributed by atoms with Gasteiger partial charge in [0.05, 0.1) is 0 Å². The van der Waals surface area contributed by atoms with E-state index in [9.17, 15) is 14.7 Å². The molecule has 3 N–H and O–H groups in total. The van der Waals surface area contributed by atoms with E-state index in [1.807, 2.05) is 0 Å². The highest BCUT2D eigenvalue weighted by atomic mass is 35.5. The summed E-state index contributed by atoms with van der Waals surface area (Å²) in [6.45, 7) is 0.706. The Morgan fingerprint density at radius 3 is 2.63 bits per heavy atom. The van der Waals surface area contributed by atoms with Gasteiger partial charge in [-0.1, -0.05) is 29.8 Å².